The Bertz CT molecular complexity index is 840. The predicted octanol–water partition coefficient (Wildman–Crippen LogP) is 4.27. The molecule has 2 rings (SSSR count). The van der Waals surface area contributed by atoms with Gasteiger partial charge in [-0.15, -0.1) is 24.0 Å². The minimum absolute atomic E-state index is 0. The summed E-state index contributed by atoms with van der Waals surface area (Å²) in [5.41, 5.74) is 4.28. The molecule has 0 unspecified atom stereocenters. The number of benzene rings is 2. The smallest absolute Gasteiger partial charge is 0.224 e. The van der Waals surface area contributed by atoms with Crippen LogP contribution in [0.25, 0.3) is 0 Å². The highest BCUT2D eigenvalue weighted by Gasteiger charge is 2.05. The fraction of sp³-hybridized carbons (Fsp3) is 0.391. The summed E-state index contributed by atoms with van der Waals surface area (Å²) in [4.78, 5) is 16.1. The molecule has 0 spiro atoms. The molecule has 0 atom stereocenters. The van der Waals surface area contributed by atoms with E-state index < -0.39 is 0 Å². The molecule has 1 amide bonds. The van der Waals surface area contributed by atoms with E-state index in [0.29, 0.717) is 13.0 Å². The molecule has 3 N–H and O–H groups in total. The number of nitrogens with one attached hydrogen (secondary N) is 3. The monoisotopic (exact) mass is 524 g/mol. The van der Waals surface area contributed by atoms with Gasteiger partial charge in [0.15, 0.2) is 5.96 Å². The number of methoxy groups -OCH3 is 1. The van der Waals surface area contributed by atoms with E-state index in [1.807, 2.05) is 37.3 Å². The summed E-state index contributed by atoms with van der Waals surface area (Å²) in [6.07, 6.45) is 2.21. The van der Waals surface area contributed by atoms with Gasteiger partial charge in [-0.05, 0) is 49.1 Å². The number of nitrogens with zero attached hydrogens (tertiary/aromatic N) is 1. The summed E-state index contributed by atoms with van der Waals surface area (Å²) >= 11 is 0. The molecule has 0 radical (unpaired) electrons. The van der Waals surface area contributed by atoms with Gasteiger partial charge in [0.2, 0.25) is 5.91 Å². The van der Waals surface area contributed by atoms with Gasteiger partial charge < -0.3 is 20.7 Å². The van der Waals surface area contributed by atoms with Gasteiger partial charge >= 0.3 is 0 Å². The number of carbonyl (C=O) groups is 1. The Hall–Kier alpha value is -2.29. The minimum atomic E-state index is 0. The molecule has 0 saturated carbocycles. The van der Waals surface area contributed by atoms with E-state index in [0.717, 1.165) is 42.3 Å². The molecule has 7 heteroatoms. The third-order valence-corrected chi connectivity index (χ3v) is 4.49. The lowest BCUT2D eigenvalue weighted by Gasteiger charge is -2.14. The van der Waals surface area contributed by atoms with Gasteiger partial charge in [-0.2, -0.15) is 0 Å². The number of anilines is 1. The third-order valence-electron chi connectivity index (χ3n) is 4.49. The van der Waals surface area contributed by atoms with Crippen LogP contribution in [0.5, 0.6) is 5.75 Å². The zero-order valence-electron chi connectivity index (χ0n) is 18.2. The molecule has 2 aromatic carbocycles. The van der Waals surface area contributed by atoms with Crippen LogP contribution in [0.3, 0.4) is 0 Å². The second kappa shape index (κ2) is 13.8. The van der Waals surface area contributed by atoms with Gasteiger partial charge in [0.05, 0.1) is 7.11 Å². The normalized spacial score (nSPS) is 10.7. The van der Waals surface area contributed by atoms with Crippen molar-refractivity contribution in [2.45, 2.75) is 39.7 Å². The second-order valence-electron chi connectivity index (χ2n) is 6.92. The van der Waals surface area contributed by atoms with Crippen LogP contribution in [0, 0.1) is 6.92 Å². The number of hydrogen-bond donors (Lipinski definition) is 3. The molecular weight excluding hydrogens is 491 g/mol. The second-order valence-corrected chi connectivity index (χ2v) is 6.92. The van der Waals surface area contributed by atoms with Crippen molar-refractivity contribution < 1.29 is 9.53 Å². The van der Waals surface area contributed by atoms with Crippen molar-refractivity contribution in [1.82, 2.24) is 10.6 Å². The zero-order chi connectivity index (χ0) is 21.1. The Kier molecular flexibility index (Phi) is 11.9. The van der Waals surface area contributed by atoms with Crippen molar-refractivity contribution in [3.05, 3.63) is 59.2 Å². The average Bonchev–Trinajstić information content (AvgIpc) is 2.71. The maximum absolute atomic E-state index is 11.8. The summed E-state index contributed by atoms with van der Waals surface area (Å²) in [7, 11) is 3.45. The van der Waals surface area contributed by atoms with Gasteiger partial charge in [0.1, 0.15) is 5.75 Å². The fourth-order valence-corrected chi connectivity index (χ4v) is 3.03. The fourth-order valence-electron chi connectivity index (χ4n) is 3.03. The first-order valence-corrected chi connectivity index (χ1v) is 10.0. The molecule has 0 aliphatic heterocycles. The molecule has 0 aliphatic carbocycles. The molecular formula is C23H33IN4O2. The van der Waals surface area contributed by atoms with Crippen molar-refractivity contribution >= 4 is 41.5 Å². The topological polar surface area (TPSA) is 74.8 Å². The number of rotatable bonds is 9. The lowest BCUT2D eigenvalue weighted by molar-refractivity contribution is -0.116. The van der Waals surface area contributed by atoms with Crippen LogP contribution in [-0.4, -0.2) is 32.6 Å². The van der Waals surface area contributed by atoms with Crippen LogP contribution in [0.15, 0.2) is 47.5 Å². The van der Waals surface area contributed by atoms with Crippen LogP contribution in [0.2, 0.25) is 0 Å². The Morgan fingerprint density at radius 2 is 1.93 bits per heavy atom. The highest BCUT2D eigenvalue weighted by atomic mass is 127. The maximum atomic E-state index is 11.8. The number of amides is 1. The van der Waals surface area contributed by atoms with E-state index >= 15 is 0 Å². The summed E-state index contributed by atoms with van der Waals surface area (Å²) in [6.45, 7) is 5.43. The quantitative estimate of drug-likeness (QED) is 0.260. The first-order valence-electron chi connectivity index (χ1n) is 10.0. The van der Waals surface area contributed by atoms with Crippen molar-refractivity contribution in [2.75, 3.05) is 26.0 Å². The van der Waals surface area contributed by atoms with Gasteiger partial charge in [0.25, 0.3) is 0 Å². The summed E-state index contributed by atoms with van der Waals surface area (Å²) < 4.78 is 5.44. The molecule has 2 aromatic rings. The van der Waals surface area contributed by atoms with E-state index in [2.05, 4.69) is 40.0 Å². The molecule has 0 aromatic heterocycles. The summed E-state index contributed by atoms with van der Waals surface area (Å²) in [5.74, 6) is 1.68. The molecule has 6 nitrogen and oxygen atoms in total. The van der Waals surface area contributed by atoms with Gasteiger partial charge in [-0.3, -0.25) is 9.79 Å². The predicted molar refractivity (Wildman–Crippen MR) is 135 cm³/mol. The van der Waals surface area contributed by atoms with Crippen LogP contribution in [-0.2, 0) is 17.8 Å². The molecule has 0 saturated heterocycles. The Morgan fingerprint density at radius 3 is 2.63 bits per heavy atom. The number of guanidine groups is 1. The number of carbonyl (C=O) groups excluding carboxylic acids is 1. The number of ether oxygens (including phenoxy) is 1. The van der Waals surface area contributed by atoms with E-state index in [1.54, 1.807) is 14.2 Å². The zero-order valence-corrected chi connectivity index (χ0v) is 20.6. The Morgan fingerprint density at radius 1 is 1.13 bits per heavy atom. The number of aryl methyl sites for hydroxylation is 1. The number of hydrogen-bond acceptors (Lipinski definition) is 3. The largest absolute Gasteiger partial charge is 0.496 e. The van der Waals surface area contributed by atoms with Gasteiger partial charge in [-0.25, -0.2) is 0 Å². The highest BCUT2D eigenvalue weighted by molar-refractivity contribution is 14.0. The van der Waals surface area contributed by atoms with Crippen molar-refractivity contribution in [3.63, 3.8) is 0 Å². The molecule has 0 aliphatic rings. The lowest BCUT2D eigenvalue weighted by Crippen LogP contribution is -2.37. The Labute approximate surface area is 196 Å². The molecule has 164 valence electrons. The first kappa shape index (κ1) is 25.7. The average molecular weight is 524 g/mol. The molecule has 0 heterocycles. The Balaban J connectivity index is 0.00000450. The van der Waals surface area contributed by atoms with Gasteiger partial charge in [-0.1, -0.05) is 36.8 Å². The van der Waals surface area contributed by atoms with Crippen molar-refractivity contribution in [2.24, 2.45) is 4.99 Å². The van der Waals surface area contributed by atoms with E-state index in [4.69, 9.17) is 4.74 Å². The van der Waals surface area contributed by atoms with Crippen molar-refractivity contribution in [1.29, 1.82) is 0 Å². The van der Waals surface area contributed by atoms with Crippen LogP contribution in [0.1, 0.15) is 36.5 Å². The molecule has 0 bridgehead atoms. The first-order chi connectivity index (χ1) is 14.0. The minimum Gasteiger partial charge on any atom is -0.496 e. The third kappa shape index (κ3) is 8.61. The van der Waals surface area contributed by atoms with E-state index in [-0.39, 0.29) is 29.9 Å². The van der Waals surface area contributed by atoms with E-state index in [1.165, 1.54) is 11.1 Å². The van der Waals surface area contributed by atoms with Crippen LogP contribution >= 0.6 is 24.0 Å². The van der Waals surface area contributed by atoms with Gasteiger partial charge in [0, 0.05) is 32.2 Å². The van der Waals surface area contributed by atoms with Crippen molar-refractivity contribution in [3.8, 4) is 5.75 Å². The lowest BCUT2D eigenvalue weighted by atomic mass is 10.1. The summed E-state index contributed by atoms with van der Waals surface area (Å²) in [5, 5.41) is 9.58. The van der Waals surface area contributed by atoms with E-state index in [9.17, 15) is 4.79 Å². The SMILES string of the molecule is CCCC(=O)Nc1cccc(CNC(=NC)NCCc2cc(C)ccc2OC)c1.I. The maximum Gasteiger partial charge on any atom is 0.224 e. The standard InChI is InChI=1S/C23H32N4O2.HI/c1-5-7-22(28)27-20-9-6-8-18(15-20)16-26-23(24-3)25-13-12-19-14-17(2)10-11-21(19)29-4;/h6,8-11,14-15H,5,7,12-13,16H2,1-4H3,(H,27,28)(H2,24,25,26);1H. The number of aliphatic imine (C=N–C) groups is 1. The van der Waals surface area contributed by atoms with Crippen LogP contribution in [0.4, 0.5) is 5.69 Å². The number of halogens is 1. The summed E-state index contributed by atoms with van der Waals surface area (Å²) in [6, 6.07) is 14.0. The molecule has 30 heavy (non-hydrogen) atoms. The molecule has 0 fully saturated rings. The highest BCUT2D eigenvalue weighted by Crippen LogP contribution is 2.19. The van der Waals surface area contributed by atoms with Crippen LogP contribution < -0.4 is 20.7 Å².